The first kappa shape index (κ1) is 16.4. The van der Waals surface area contributed by atoms with Gasteiger partial charge in [-0.15, -0.1) is 0 Å². The Morgan fingerprint density at radius 2 is 2.05 bits per heavy atom. The second-order valence-corrected chi connectivity index (χ2v) is 7.15. The van der Waals surface area contributed by atoms with Crippen LogP contribution < -0.4 is 10.5 Å². The molecule has 1 saturated heterocycles. The molecule has 0 spiro atoms. The molecule has 0 amide bonds. The largest absolute Gasteiger partial charge is 0.326 e. The van der Waals surface area contributed by atoms with E-state index in [0.717, 1.165) is 32.0 Å². The zero-order chi connectivity index (χ0) is 15.5. The lowest BCUT2D eigenvalue weighted by atomic mass is 10.2. The molecule has 21 heavy (non-hydrogen) atoms. The van der Waals surface area contributed by atoms with Crippen LogP contribution in [0, 0.1) is 5.82 Å². The Bertz CT molecular complexity index is 586. The van der Waals surface area contributed by atoms with Gasteiger partial charge in [0.2, 0.25) is 10.0 Å². The molecule has 1 aliphatic rings. The molecule has 0 saturated carbocycles. The molecule has 0 radical (unpaired) electrons. The van der Waals surface area contributed by atoms with Crippen molar-refractivity contribution in [3.8, 4) is 0 Å². The number of nitrogens with two attached hydrogens (primary N) is 1. The molecule has 3 N–H and O–H groups in total. The Labute approximate surface area is 125 Å². The average Bonchev–Trinajstić information content (AvgIpc) is 2.99. The van der Waals surface area contributed by atoms with E-state index in [9.17, 15) is 12.8 Å². The van der Waals surface area contributed by atoms with Crippen molar-refractivity contribution < 1.29 is 12.8 Å². The Kier molecular flexibility index (Phi) is 5.32. The Hall–Kier alpha value is -1.02. The van der Waals surface area contributed by atoms with Crippen LogP contribution in [0.4, 0.5) is 4.39 Å². The molecule has 1 aromatic carbocycles. The number of likely N-dealkylation sites (tertiary alicyclic amines) is 1. The number of nitrogens with zero attached hydrogens (tertiary/aromatic N) is 1. The van der Waals surface area contributed by atoms with E-state index >= 15 is 0 Å². The van der Waals surface area contributed by atoms with Crippen molar-refractivity contribution in [2.75, 3.05) is 19.6 Å². The predicted molar refractivity (Wildman–Crippen MR) is 79.7 cm³/mol. The fraction of sp³-hybridized carbons (Fsp3) is 0.571. The highest BCUT2D eigenvalue weighted by atomic mass is 32.2. The van der Waals surface area contributed by atoms with E-state index in [1.165, 1.54) is 12.1 Å². The maximum absolute atomic E-state index is 13.8. The molecular weight excluding hydrogens is 293 g/mol. The van der Waals surface area contributed by atoms with Crippen LogP contribution in [0.2, 0.25) is 0 Å². The van der Waals surface area contributed by atoms with E-state index in [1.54, 1.807) is 0 Å². The first-order valence-corrected chi connectivity index (χ1v) is 8.64. The summed E-state index contributed by atoms with van der Waals surface area (Å²) in [5, 5.41) is 0. The molecule has 0 bridgehead atoms. The molecule has 1 fully saturated rings. The van der Waals surface area contributed by atoms with Gasteiger partial charge in [0.25, 0.3) is 0 Å². The van der Waals surface area contributed by atoms with Gasteiger partial charge < -0.3 is 5.73 Å². The van der Waals surface area contributed by atoms with Crippen LogP contribution in [0.5, 0.6) is 0 Å². The van der Waals surface area contributed by atoms with E-state index in [1.807, 2.05) is 6.92 Å². The molecule has 2 rings (SSSR count). The smallest absolute Gasteiger partial charge is 0.243 e. The van der Waals surface area contributed by atoms with Gasteiger partial charge >= 0.3 is 0 Å². The minimum absolute atomic E-state index is 0.100. The highest BCUT2D eigenvalue weighted by molar-refractivity contribution is 7.89. The number of hydrogen-bond acceptors (Lipinski definition) is 4. The molecule has 1 aliphatic heterocycles. The maximum atomic E-state index is 13.8. The summed E-state index contributed by atoms with van der Waals surface area (Å²) in [5.74, 6) is -0.756. The summed E-state index contributed by atoms with van der Waals surface area (Å²) in [4.78, 5) is 1.90. The highest BCUT2D eigenvalue weighted by Gasteiger charge is 2.23. The molecule has 1 heterocycles. The van der Waals surface area contributed by atoms with Crippen LogP contribution in [-0.2, 0) is 16.6 Å². The predicted octanol–water partition coefficient (Wildman–Crippen LogP) is 1.05. The topological polar surface area (TPSA) is 75.4 Å². The fourth-order valence-corrected chi connectivity index (χ4v) is 3.75. The third kappa shape index (κ3) is 4.00. The molecule has 1 atom stereocenters. The monoisotopic (exact) mass is 315 g/mol. The lowest BCUT2D eigenvalue weighted by Crippen LogP contribution is -2.40. The summed E-state index contributed by atoms with van der Waals surface area (Å²) in [6.07, 6.45) is 2.29. The number of rotatable bonds is 6. The number of halogens is 1. The molecule has 0 aliphatic carbocycles. The van der Waals surface area contributed by atoms with Gasteiger partial charge in [-0.05, 0) is 50.6 Å². The van der Waals surface area contributed by atoms with Gasteiger partial charge in [0.15, 0.2) is 0 Å². The van der Waals surface area contributed by atoms with Gasteiger partial charge in [0.1, 0.15) is 10.7 Å². The summed E-state index contributed by atoms with van der Waals surface area (Å²) in [6, 6.07) is 4.02. The quantitative estimate of drug-likeness (QED) is 0.823. The third-order valence-electron chi connectivity index (χ3n) is 3.85. The lowest BCUT2D eigenvalue weighted by molar-refractivity contribution is 0.260. The van der Waals surface area contributed by atoms with Gasteiger partial charge in [-0.25, -0.2) is 17.5 Å². The number of benzene rings is 1. The minimum atomic E-state index is -3.86. The summed E-state index contributed by atoms with van der Waals surface area (Å²) in [7, 11) is -3.86. The second kappa shape index (κ2) is 6.83. The first-order valence-electron chi connectivity index (χ1n) is 7.16. The van der Waals surface area contributed by atoms with Gasteiger partial charge in [-0.1, -0.05) is 6.07 Å². The molecule has 5 nitrogen and oxygen atoms in total. The van der Waals surface area contributed by atoms with Crippen molar-refractivity contribution in [1.29, 1.82) is 0 Å². The second-order valence-electron chi connectivity index (χ2n) is 5.41. The van der Waals surface area contributed by atoms with Crippen molar-refractivity contribution in [3.05, 3.63) is 29.6 Å². The lowest BCUT2D eigenvalue weighted by Gasteiger charge is -2.23. The summed E-state index contributed by atoms with van der Waals surface area (Å²) < 4.78 is 40.7. The Morgan fingerprint density at radius 3 is 2.67 bits per heavy atom. The SMILES string of the molecule is CC(CNS(=O)(=O)c1cc(CN)ccc1F)N1CCCC1. The zero-order valence-electron chi connectivity index (χ0n) is 12.2. The van der Waals surface area contributed by atoms with E-state index < -0.39 is 15.8 Å². The molecule has 1 unspecified atom stereocenters. The van der Waals surface area contributed by atoms with Crippen molar-refractivity contribution in [3.63, 3.8) is 0 Å². The first-order chi connectivity index (χ1) is 9.94. The number of hydrogen-bond donors (Lipinski definition) is 2. The number of nitrogens with one attached hydrogen (secondary N) is 1. The summed E-state index contributed by atoms with van der Waals surface area (Å²) >= 11 is 0. The van der Waals surface area contributed by atoms with Crippen molar-refractivity contribution in [2.45, 2.75) is 37.2 Å². The van der Waals surface area contributed by atoms with Crippen LogP contribution in [0.25, 0.3) is 0 Å². The number of sulfonamides is 1. The van der Waals surface area contributed by atoms with Gasteiger partial charge in [-0.3, -0.25) is 4.90 Å². The fourth-order valence-electron chi connectivity index (χ4n) is 2.50. The minimum Gasteiger partial charge on any atom is -0.326 e. The Balaban J connectivity index is 2.07. The van der Waals surface area contributed by atoms with Gasteiger partial charge in [-0.2, -0.15) is 0 Å². The van der Waals surface area contributed by atoms with Gasteiger partial charge in [0.05, 0.1) is 0 Å². The van der Waals surface area contributed by atoms with E-state index in [-0.39, 0.29) is 24.0 Å². The van der Waals surface area contributed by atoms with E-state index in [0.29, 0.717) is 5.56 Å². The van der Waals surface area contributed by atoms with Gasteiger partial charge in [0, 0.05) is 19.1 Å². The summed E-state index contributed by atoms with van der Waals surface area (Å²) in [5.41, 5.74) is 6.06. The van der Waals surface area contributed by atoms with Crippen LogP contribution in [0.1, 0.15) is 25.3 Å². The molecular formula is C14H22FN3O2S. The standard InChI is InChI=1S/C14H22FN3O2S/c1-11(18-6-2-3-7-18)10-17-21(19,20)14-8-12(9-16)4-5-13(14)15/h4-5,8,11,17H,2-3,6-7,9-10,16H2,1H3. The van der Waals surface area contributed by atoms with Crippen molar-refractivity contribution in [1.82, 2.24) is 9.62 Å². The van der Waals surface area contributed by atoms with Crippen LogP contribution in [-0.4, -0.2) is 39.0 Å². The van der Waals surface area contributed by atoms with E-state index in [2.05, 4.69) is 9.62 Å². The van der Waals surface area contributed by atoms with Crippen molar-refractivity contribution in [2.24, 2.45) is 5.73 Å². The molecule has 7 heteroatoms. The van der Waals surface area contributed by atoms with Crippen LogP contribution in [0.3, 0.4) is 0 Å². The van der Waals surface area contributed by atoms with E-state index in [4.69, 9.17) is 5.73 Å². The maximum Gasteiger partial charge on any atom is 0.243 e. The third-order valence-corrected chi connectivity index (χ3v) is 5.29. The zero-order valence-corrected chi connectivity index (χ0v) is 13.0. The van der Waals surface area contributed by atoms with Crippen LogP contribution >= 0.6 is 0 Å². The highest BCUT2D eigenvalue weighted by Crippen LogP contribution is 2.17. The van der Waals surface area contributed by atoms with Crippen molar-refractivity contribution >= 4 is 10.0 Å². The summed E-state index contributed by atoms with van der Waals surface area (Å²) in [6.45, 7) is 4.39. The molecule has 0 aromatic heterocycles. The molecule has 1 aromatic rings. The Morgan fingerprint density at radius 1 is 1.38 bits per heavy atom. The molecule has 118 valence electrons. The normalized spacial score (nSPS) is 18.0. The average molecular weight is 315 g/mol. The van der Waals surface area contributed by atoms with Crippen LogP contribution in [0.15, 0.2) is 23.1 Å².